The summed E-state index contributed by atoms with van der Waals surface area (Å²) in [7, 11) is 1.74. The number of phenolic OH excluding ortho intramolecular Hbond substituents is 1. The van der Waals surface area contributed by atoms with Crippen molar-refractivity contribution in [3.8, 4) is 11.5 Å². The number of aromatic hydroxyl groups is 1. The first kappa shape index (κ1) is 19.9. The maximum Gasteiger partial charge on any atom is 0.120 e. The number of ether oxygens (including phenoxy) is 1. The Morgan fingerprint density at radius 1 is 1.17 bits per heavy atom. The van der Waals surface area contributed by atoms with E-state index in [1.54, 1.807) is 13.2 Å². The van der Waals surface area contributed by atoms with Crippen molar-refractivity contribution in [3.63, 3.8) is 0 Å². The largest absolute Gasteiger partial charge is 0.508 e. The molecule has 0 aromatic heterocycles. The van der Waals surface area contributed by atoms with Crippen LogP contribution in [0.15, 0.2) is 42.5 Å². The minimum absolute atomic E-state index is 0.0263. The number of nitrogens with one attached hydrogen (secondary N) is 1. The van der Waals surface area contributed by atoms with Crippen LogP contribution in [0.2, 0.25) is 0 Å². The summed E-state index contributed by atoms with van der Waals surface area (Å²) in [5, 5.41) is 25.0. The number of aliphatic hydroxyl groups is 1. The van der Waals surface area contributed by atoms with Gasteiger partial charge in [-0.1, -0.05) is 31.2 Å². The first-order chi connectivity index (χ1) is 14.5. The van der Waals surface area contributed by atoms with Crippen molar-refractivity contribution in [3.05, 3.63) is 59.2 Å². The SMILES string of the molecule is COc1ccc2c(c1)CCC1C2CC[C@]2(C)C1CC(NCc1ccccc1O)[C@@H]2O. The highest BCUT2D eigenvalue weighted by Crippen LogP contribution is 2.61. The number of aryl methyl sites for hydroxylation is 1. The van der Waals surface area contributed by atoms with Gasteiger partial charge in [0.05, 0.1) is 13.2 Å². The van der Waals surface area contributed by atoms with Crippen molar-refractivity contribution in [2.45, 2.75) is 63.6 Å². The summed E-state index contributed by atoms with van der Waals surface area (Å²) in [6.07, 6.45) is 5.20. The van der Waals surface area contributed by atoms with Crippen LogP contribution in [-0.4, -0.2) is 29.5 Å². The highest BCUT2D eigenvalue weighted by atomic mass is 16.5. The van der Waals surface area contributed by atoms with E-state index in [0.29, 0.717) is 30.0 Å². The normalized spacial score (nSPS) is 34.7. The number of hydrogen-bond acceptors (Lipinski definition) is 4. The molecule has 0 radical (unpaired) electrons. The smallest absolute Gasteiger partial charge is 0.120 e. The highest BCUT2D eigenvalue weighted by molar-refractivity contribution is 5.41. The van der Waals surface area contributed by atoms with Gasteiger partial charge in [0, 0.05) is 18.2 Å². The van der Waals surface area contributed by atoms with E-state index in [0.717, 1.165) is 37.0 Å². The van der Waals surface area contributed by atoms with Crippen molar-refractivity contribution in [2.75, 3.05) is 7.11 Å². The summed E-state index contributed by atoms with van der Waals surface area (Å²) in [4.78, 5) is 0. The second-order valence-corrected chi connectivity index (χ2v) is 9.82. The van der Waals surface area contributed by atoms with Gasteiger partial charge in [0.2, 0.25) is 0 Å². The predicted molar refractivity (Wildman–Crippen MR) is 118 cm³/mol. The molecule has 2 fully saturated rings. The monoisotopic (exact) mass is 407 g/mol. The van der Waals surface area contributed by atoms with Crippen molar-refractivity contribution in [1.82, 2.24) is 5.32 Å². The van der Waals surface area contributed by atoms with Crippen LogP contribution in [0.25, 0.3) is 0 Å². The molecule has 0 saturated heterocycles. The molecule has 30 heavy (non-hydrogen) atoms. The molecule has 3 aliphatic rings. The molecule has 5 rings (SSSR count). The van der Waals surface area contributed by atoms with Gasteiger partial charge in [-0.25, -0.2) is 0 Å². The van der Waals surface area contributed by atoms with E-state index in [1.165, 1.54) is 17.5 Å². The molecular formula is C26H33NO3. The number of para-hydroxylation sites is 1. The molecule has 4 nitrogen and oxygen atoms in total. The average Bonchev–Trinajstić information content (AvgIpc) is 3.03. The molecule has 0 spiro atoms. The molecule has 6 atom stereocenters. The molecule has 4 unspecified atom stereocenters. The summed E-state index contributed by atoms with van der Waals surface area (Å²) >= 11 is 0. The van der Waals surface area contributed by atoms with E-state index in [1.807, 2.05) is 18.2 Å². The Morgan fingerprint density at radius 3 is 2.80 bits per heavy atom. The molecule has 0 aliphatic heterocycles. The zero-order chi connectivity index (χ0) is 20.9. The third-order valence-corrected chi connectivity index (χ3v) is 8.48. The number of rotatable bonds is 4. The lowest BCUT2D eigenvalue weighted by Crippen LogP contribution is -2.46. The van der Waals surface area contributed by atoms with Crippen molar-refractivity contribution in [2.24, 2.45) is 17.3 Å². The minimum atomic E-state index is -0.341. The summed E-state index contributed by atoms with van der Waals surface area (Å²) in [5.41, 5.74) is 3.82. The molecule has 4 heteroatoms. The van der Waals surface area contributed by atoms with Crippen LogP contribution in [0.1, 0.15) is 55.2 Å². The Bertz CT molecular complexity index is 928. The molecule has 3 aliphatic carbocycles. The Hall–Kier alpha value is -2.04. The van der Waals surface area contributed by atoms with Crippen LogP contribution in [0.5, 0.6) is 11.5 Å². The van der Waals surface area contributed by atoms with Crippen molar-refractivity contribution in [1.29, 1.82) is 0 Å². The Balaban J connectivity index is 1.35. The number of phenols is 1. The lowest BCUT2D eigenvalue weighted by atomic mass is 9.55. The van der Waals surface area contributed by atoms with Gasteiger partial charge in [0.15, 0.2) is 0 Å². The van der Waals surface area contributed by atoms with E-state index >= 15 is 0 Å². The second-order valence-electron chi connectivity index (χ2n) is 9.82. The Morgan fingerprint density at radius 2 is 2.00 bits per heavy atom. The zero-order valence-corrected chi connectivity index (χ0v) is 18.0. The first-order valence-corrected chi connectivity index (χ1v) is 11.4. The molecule has 0 bridgehead atoms. The number of benzene rings is 2. The van der Waals surface area contributed by atoms with E-state index in [2.05, 4.69) is 30.4 Å². The fourth-order valence-electron chi connectivity index (χ4n) is 6.80. The quantitative estimate of drug-likeness (QED) is 0.704. The number of aliphatic hydroxyl groups excluding tert-OH is 1. The predicted octanol–water partition coefficient (Wildman–Crippen LogP) is 4.39. The third kappa shape index (κ3) is 3.12. The molecular weight excluding hydrogens is 374 g/mol. The maximum absolute atomic E-state index is 11.3. The van der Waals surface area contributed by atoms with E-state index in [-0.39, 0.29) is 17.6 Å². The molecule has 0 amide bonds. The van der Waals surface area contributed by atoms with Gasteiger partial charge in [0.1, 0.15) is 11.5 Å². The number of methoxy groups -OCH3 is 1. The van der Waals surface area contributed by atoms with E-state index in [4.69, 9.17) is 4.74 Å². The minimum Gasteiger partial charge on any atom is -0.508 e. The fraction of sp³-hybridized carbons (Fsp3) is 0.538. The summed E-state index contributed by atoms with van der Waals surface area (Å²) < 4.78 is 5.44. The van der Waals surface area contributed by atoms with Crippen LogP contribution in [0.3, 0.4) is 0 Å². The van der Waals surface area contributed by atoms with Gasteiger partial charge < -0.3 is 20.3 Å². The fourth-order valence-corrected chi connectivity index (χ4v) is 6.80. The van der Waals surface area contributed by atoms with Gasteiger partial charge in [-0.3, -0.25) is 0 Å². The number of fused-ring (bicyclic) bond motifs is 5. The van der Waals surface area contributed by atoms with Gasteiger partial charge in [-0.2, -0.15) is 0 Å². The Labute approximate surface area is 179 Å². The van der Waals surface area contributed by atoms with Gasteiger partial charge in [-0.05, 0) is 84.6 Å². The van der Waals surface area contributed by atoms with E-state index < -0.39 is 0 Å². The van der Waals surface area contributed by atoms with Gasteiger partial charge in [-0.15, -0.1) is 0 Å². The maximum atomic E-state index is 11.3. The third-order valence-electron chi connectivity index (χ3n) is 8.48. The lowest BCUT2D eigenvalue weighted by Gasteiger charge is -2.50. The summed E-state index contributed by atoms with van der Waals surface area (Å²) in [6, 6.07) is 14.2. The van der Waals surface area contributed by atoms with Crippen LogP contribution in [-0.2, 0) is 13.0 Å². The Kier molecular flexibility index (Phi) is 5.03. The van der Waals surface area contributed by atoms with Crippen LogP contribution in [0, 0.1) is 17.3 Å². The molecule has 2 aromatic rings. The van der Waals surface area contributed by atoms with Crippen LogP contribution in [0.4, 0.5) is 0 Å². The van der Waals surface area contributed by atoms with Crippen molar-refractivity contribution >= 4 is 0 Å². The van der Waals surface area contributed by atoms with Crippen molar-refractivity contribution < 1.29 is 14.9 Å². The molecule has 0 heterocycles. The topological polar surface area (TPSA) is 61.7 Å². The van der Waals surface area contributed by atoms with Crippen LogP contribution < -0.4 is 10.1 Å². The summed E-state index contributed by atoms with van der Waals surface area (Å²) in [5.74, 6) is 3.04. The van der Waals surface area contributed by atoms with Gasteiger partial charge in [0.25, 0.3) is 0 Å². The number of hydrogen-bond donors (Lipinski definition) is 3. The van der Waals surface area contributed by atoms with Gasteiger partial charge >= 0.3 is 0 Å². The highest BCUT2D eigenvalue weighted by Gasteiger charge is 2.57. The second kappa shape index (κ2) is 7.58. The molecule has 2 aromatic carbocycles. The molecule has 3 N–H and O–H groups in total. The van der Waals surface area contributed by atoms with E-state index in [9.17, 15) is 10.2 Å². The summed E-state index contributed by atoms with van der Waals surface area (Å²) in [6.45, 7) is 2.90. The molecule has 2 saturated carbocycles. The lowest BCUT2D eigenvalue weighted by molar-refractivity contribution is -0.0281. The standard InChI is InChI=1S/C26H33NO3/c1-26-12-11-20-19-10-8-18(30-2)13-16(19)7-9-21(20)22(26)14-23(25(26)29)27-15-17-5-3-4-6-24(17)28/h3-6,8,10,13,20-23,25,27-29H,7,9,11-12,14-15H2,1-2H3/t20?,21?,22?,23?,25-,26+/m0/s1. The first-order valence-electron chi connectivity index (χ1n) is 11.4. The average molecular weight is 408 g/mol. The zero-order valence-electron chi connectivity index (χ0n) is 18.0. The van der Waals surface area contributed by atoms with Crippen LogP contribution >= 0.6 is 0 Å². The molecule has 160 valence electrons.